The molecule has 5 fully saturated rings. The van der Waals surface area contributed by atoms with Gasteiger partial charge in [0.1, 0.15) is 0 Å². The third-order valence-electron chi connectivity index (χ3n) is 6.77. The van der Waals surface area contributed by atoms with Crippen LogP contribution in [0.5, 0.6) is 0 Å². The molecule has 0 amide bonds. The van der Waals surface area contributed by atoms with Crippen molar-refractivity contribution in [1.29, 1.82) is 0 Å². The van der Waals surface area contributed by atoms with Crippen LogP contribution < -0.4 is 0 Å². The Morgan fingerprint density at radius 2 is 1.75 bits per heavy atom. The van der Waals surface area contributed by atoms with Crippen LogP contribution in [0.3, 0.4) is 0 Å². The van der Waals surface area contributed by atoms with Gasteiger partial charge in [-0.3, -0.25) is 9.80 Å². The van der Waals surface area contributed by atoms with Gasteiger partial charge in [0.25, 0.3) is 0 Å². The van der Waals surface area contributed by atoms with Crippen LogP contribution in [0.15, 0.2) is 0 Å². The molecule has 0 spiro atoms. The van der Waals surface area contributed by atoms with Gasteiger partial charge in [-0.05, 0) is 62.8 Å². The van der Waals surface area contributed by atoms with Gasteiger partial charge in [0.15, 0.2) is 0 Å². The molecule has 3 heteroatoms. The maximum absolute atomic E-state index is 10.7. The molecule has 0 aromatic rings. The van der Waals surface area contributed by atoms with Crippen molar-refractivity contribution in [2.75, 3.05) is 20.3 Å². The first-order valence-electron chi connectivity index (χ1n) is 8.62. The summed E-state index contributed by atoms with van der Waals surface area (Å²) in [4.78, 5) is 5.31. The number of hydrogen-bond acceptors (Lipinski definition) is 3. The van der Waals surface area contributed by atoms with Gasteiger partial charge in [0, 0.05) is 18.6 Å². The van der Waals surface area contributed by atoms with Crippen LogP contribution >= 0.6 is 0 Å². The summed E-state index contributed by atoms with van der Waals surface area (Å²) in [5, 5.41) is 10.7. The van der Waals surface area contributed by atoms with Crippen LogP contribution in [-0.4, -0.2) is 52.9 Å². The molecule has 1 saturated heterocycles. The molecule has 1 aliphatic heterocycles. The van der Waals surface area contributed by atoms with Crippen molar-refractivity contribution in [3.05, 3.63) is 0 Å². The minimum Gasteiger partial charge on any atom is -0.390 e. The number of hydrogen-bond donors (Lipinski definition) is 1. The molecule has 3 atom stereocenters. The zero-order chi connectivity index (χ0) is 14.1. The van der Waals surface area contributed by atoms with Crippen molar-refractivity contribution in [1.82, 2.24) is 9.80 Å². The fraction of sp³-hybridized carbons (Fsp3) is 1.00. The first-order chi connectivity index (χ1) is 9.45. The van der Waals surface area contributed by atoms with E-state index in [0.29, 0.717) is 0 Å². The highest BCUT2D eigenvalue weighted by molar-refractivity contribution is 5.09. The molecule has 0 aromatic carbocycles. The molecule has 3 unspecified atom stereocenters. The van der Waals surface area contributed by atoms with E-state index in [1.165, 1.54) is 19.4 Å². The van der Waals surface area contributed by atoms with Crippen LogP contribution in [0.1, 0.15) is 46.0 Å². The SMILES string of the molecule is CC(C)C1CN(C2C3CC4CC2CC(O)(C4)C3)CN1C. The topological polar surface area (TPSA) is 26.7 Å². The largest absolute Gasteiger partial charge is 0.390 e. The lowest BCUT2D eigenvalue weighted by molar-refractivity contribution is -0.158. The monoisotopic (exact) mass is 278 g/mol. The second-order valence-corrected chi connectivity index (χ2v) is 8.67. The normalized spacial score (nSPS) is 52.4. The minimum atomic E-state index is -0.282. The van der Waals surface area contributed by atoms with Crippen LogP contribution in [0.4, 0.5) is 0 Å². The maximum atomic E-state index is 10.7. The summed E-state index contributed by atoms with van der Waals surface area (Å²) in [6, 6.07) is 1.48. The molecule has 5 aliphatic rings. The molecule has 1 N–H and O–H groups in total. The lowest BCUT2D eigenvalue weighted by atomic mass is 9.52. The summed E-state index contributed by atoms with van der Waals surface area (Å²) >= 11 is 0. The van der Waals surface area contributed by atoms with Crippen molar-refractivity contribution in [2.24, 2.45) is 23.7 Å². The van der Waals surface area contributed by atoms with E-state index < -0.39 is 0 Å². The molecule has 4 aliphatic carbocycles. The van der Waals surface area contributed by atoms with Crippen molar-refractivity contribution in [2.45, 2.75) is 63.6 Å². The smallest absolute Gasteiger partial charge is 0.0657 e. The zero-order valence-corrected chi connectivity index (χ0v) is 13.3. The Morgan fingerprint density at radius 1 is 1.10 bits per heavy atom. The number of rotatable bonds is 2. The summed E-state index contributed by atoms with van der Waals surface area (Å²) in [7, 11) is 2.29. The molecule has 0 aromatic heterocycles. The average Bonchev–Trinajstić information content (AvgIpc) is 2.68. The third-order valence-corrected chi connectivity index (χ3v) is 6.77. The highest BCUT2D eigenvalue weighted by Gasteiger charge is 2.56. The Balaban J connectivity index is 1.53. The number of aliphatic hydroxyl groups is 1. The van der Waals surface area contributed by atoms with Crippen LogP contribution in [0.25, 0.3) is 0 Å². The van der Waals surface area contributed by atoms with Crippen molar-refractivity contribution >= 4 is 0 Å². The third kappa shape index (κ3) is 1.97. The van der Waals surface area contributed by atoms with Gasteiger partial charge in [-0.15, -0.1) is 0 Å². The summed E-state index contributed by atoms with van der Waals surface area (Å²) < 4.78 is 0. The second kappa shape index (κ2) is 4.44. The maximum Gasteiger partial charge on any atom is 0.0657 e. The van der Waals surface area contributed by atoms with E-state index in [0.717, 1.165) is 61.7 Å². The molecular formula is C17H30N2O. The minimum absolute atomic E-state index is 0.282. The standard InChI is InChI=1S/C17H30N2O/c1-11(2)15-9-19(10-18(15)3)16-13-4-12-5-14(16)8-17(20,6-12)7-13/h11-16,20H,4-10H2,1-3H3. The Morgan fingerprint density at radius 3 is 2.25 bits per heavy atom. The summed E-state index contributed by atoms with van der Waals surface area (Å²) in [6.45, 7) is 7.09. The van der Waals surface area contributed by atoms with Gasteiger partial charge in [-0.2, -0.15) is 0 Å². The first-order valence-corrected chi connectivity index (χ1v) is 8.62. The predicted octanol–water partition coefficient (Wildman–Crippen LogP) is 2.16. The quantitative estimate of drug-likeness (QED) is 0.838. The average molecular weight is 278 g/mol. The van der Waals surface area contributed by atoms with Crippen LogP contribution in [0.2, 0.25) is 0 Å². The lowest BCUT2D eigenvalue weighted by Gasteiger charge is -2.59. The first kappa shape index (κ1) is 13.5. The predicted molar refractivity (Wildman–Crippen MR) is 80.3 cm³/mol. The number of likely N-dealkylation sites (N-methyl/N-ethyl adjacent to an activating group) is 1. The van der Waals surface area contributed by atoms with E-state index in [1.54, 1.807) is 0 Å². The van der Waals surface area contributed by atoms with Gasteiger partial charge in [0.2, 0.25) is 0 Å². The van der Waals surface area contributed by atoms with Gasteiger partial charge in [0.05, 0.1) is 12.3 Å². The molecule has 4 bridgehead atoms. The molecule has 4 saturated carbocycles. The molecule has 5 rings (SSSR count). The van der Waals surface area contributed by atoms with Crippen molar-refractivity contribution in [3.63, 3.8) is 0 Å². The Kier molecular flexibility index (Phi) is 3.00. The Bertz CT molecular complexity index is 380. The Labute approximate surface area is 123 Å². The van der Waals surface area contributed by atoms with E-state index in [1.807, 2.05) is 0 Å². The molecule has 114 valence electrons. The zero-order valence-electron chi connectivity index (χ0n) is 13.3. The van der Waals surface area contributed by atoms with E-state index in [2.05, 4.69) is 30.7 Å². The molecular weight excluding hydrogens is 248 g/mol. The van der Waals surface area contributed by atoms with E-state index >= 15 is 0 Å². The van der Waals surface area contributed by atoms with Gasteiger partial charge in [-0.25, -0.2) is 0 Å². The van der Waals surface area contributed by atoms with Crippen LogP contribution in [-0.2, 0) is 0 Å². The molecule has 3 nitrogen and oxygen atoms in total. The van der Waals surface area contributed by atoms with E-state index in [4.69, 9.17) is 0 Å². The Hall–Kier alpha value is -0.120. The fourth-order valence-electron chi connectivity index (χ4n) is 6.32. The van der Waals surface area contributed by atoms with Gasteiger partial charge < -0.3 is 5.11 Å². The summed E-state index contributed by atoms with van der Waals surface area (Å²) in [5.41, 5.74) is -0.282. The van der Waals surface area contributed by atoms with E-state index in [9.17, 15) is 5.11 Å². The van der Waals surface area contributed by atoms with Crippen molar-refractivity contribution < 1.29 is 5.11 Å². The summed E-state index contributed by atoms with van der Waals surface area (Å²) in [6.07, 6.45) is 6.03. The fourth-order valence-corrected chi connectivity index (χ4v) is 6.32. The molecule has 20 heavy (non-hydrogen) atoms. The highest BCUT2D eigenvalue weighted by atomic mass is 16.3. The highest BCUT2D eigenvalue weighted by Crippen LogP contribution is 2.57. The molecule has 1 heterocycles. The molecule has 0 radical (unpaired) electrons. The van der Waals surface area contributed by atoms with Gasteiger partial charge in [-0.1, -0.05) is 13.8 Å². The second-order valence-electron chi connectivity index (χ2n) is 8.67. The lowest BCUT2D eigenvalue weighted by Crippen LogP contribution is -2.61. The van der Waals surface area contributed by atoms with E-state index in [-0.39, 0.29) is 5.60 Å². The van der Waals surface area contributed by atoms with Gasteiger partial charge >= 0.3 is 0 Å². The number of nitrogens with zero attached hydrogens (tertiary/aromatic N) is 2. The van der Waals surface area contributed by atoms with Crippen molar-refractivity contribution in [3.8, 4) is 0 Å². The summed E-state index contributed by atoms with van der Waals surface area (Å²) in [5.74, 6) is 3.11. The van der Waals surface area contributed by atoms with Crippen LogP contribution in [0, 0.1) is 23.7 Å².